The minimum Gasteiger partial charge on any atom is -0.380 e. The van der Waals surface area contributed by atoms with Gasteiger partial charge < -0.3 is 19.5 Å². The molecule has 52 heavy (non-hydrogen) atoms. The van der Waals surface area contributed by atoms with E-state index in [-0.39, 0.29) is 22.0 Å². The number of nitrogens with one attached hydrogen (secondary N) is 1. The summed E-state index contributed by atoms with van der Waals surface area (Å²) in [5.74, 6) is 0.998. The average Bonchev–Trinajstić information content (AvgIpc) is 3.78. The van der Waals surface area contributed by atoms with Gasteiger partial charge in [0.15, 0.2) is 5.78 Å². The fraction of sp³-hybridized carbons (Fsp3) is 0.644. The molecule has 1 saturated carbocycles. The minimum absolute atomic E-state index is 0.0915. The van der Waals surface area contributed by atoms with Crippen LogP contribution in [0.2, 0.25) is 0 Å². The lowest BCUT2D eigenvalue weighted by Gasteiger charge is -2.45. The molecule has 2 aromatic carbocycles. The van der Waals surface area contributed by atoms with Gasteiger partial charge in [-0.05, 0) is 72.4 Å². The molecule has 2 aliphatic carbocycles. The monoisotopic (exact) mass is 705 g/mol. The highest BCUT2D eigenvalue weighted by Crippen LogP contribution is 2.46. The number of hydrogen-bond donors (Lipinski definition) is 1. The molecule has 3 heterocycles. The summed E-state index contributed by atoms with van der Waals surface area (Å²) in [5.41, 5.74) is 7.72. The number of piperazine rings is 1. The first-order valence-electron chi connectivity index (χ1n) is 20.4. The van der Waals surface area contributed by atoms with Gasteiger partial charge >= 0.3 is 0 Å². The number of hydrogen-bond acceptors (Lipinski definition) is 6. The van der Waals surface area contributed by atoms with E-state index in [0.717, 1.165) is 105 Å². The van der Waals surface area contributed by atoms with Crippen LogP contribution in [-0.2, 0) is 16.6 Å². The third-order valence-corrected chi connectivity index (χ3v) is 13.0. The molecule has 7 nitrogen and oxygen atoms in total. The SMILES string of the molecule is CCc1cc2c(cc1N1CCC(N3CCN(CC(C)(C)COCC(C)(C)CC4CCCC4)CC3)CC1)C(C)(C)c1[nH]c3cc(C#N)ccc3c1C2=O. The molecule has 2 aliphatic heterocycles. The van der Waals surface area contributed by atoms with Crippen molar-refractivity contribution in [2.24, 2.45) is 16.7 Å². The topological polar surface area (TPSA) is 75.6 Å². The third-order valence-electron chi connectivity index (χ3n) is 13.0. The van der Waals surface area contributed by atoms with E-state index >= 15 is 0 Å². The van der Waals surface area contributed by atoms with E-state index in [1.54, 1.807) is 0 Å². The molecular weight excluding hydrogens is 643 g/mol. The van der Waals surface area contributed by atoms with Gasteiger partial charge in [-0.25, -0.2) is 0 Å². The second-order valence-electron chi connectivity index (χ2n) is 18.8. The van der Waals surface area contributed by atoms with Crippen LogP contribution in [0, 0.1) is 28.1 Å². The maximum Gasteiger partial charge on any atom is 0.195 e. The van der Waals surface area contributed by atoms with E-state index in [1.165, 1.54) is 56.2 Å². The zero-order valence-electron chi connectivity index (χ0n) is 33.2. The lowest BCUT2D eigenvalue weighted by Crippen LogP contribution is -2.54. The molecule has 2 saturated heterocycles. The van der Waals surface area contributed by atoms with Crippen molar-refractivity contribution < 1.29 is 9.53 Å². The van der Waals surface area contributed by atoms with Crippen LogP contribution in [-0.4, -0.2) is 85.6 Å². The van der Waals surface area contributed by atoms with Gasteiger partial charge in [0.05, 0.1) is 30.4 Å². The lowest BCUT2D eigenvalue weighted by molar-refractivity contribution is -0.0125. The highest BCUT2D eigenvalue weighted by Gasteiger charge is 2.41. The van der Waals surface area contributed by atoms with Crippen molar-refractivity contribution in [2.75, 3.05) is 63.9 Å². The summed E-state index contributed by atoms with van der Waals surface area (Å²) in [4.78, 5) is 25.7. The molecule has 3 aromatic rings. The molecule has 7 heteroatoms. The Morgan fingerprint density at radius 2 is 1.62 bits per heavy atom. The van der Waals surface area contributed by atoms with Crippen LogP contribution in [0.4, 0.5) is 5.69 Å². The van der Waals surface area contributed by atoms with Crippen LogP contribution >= 0.6 is 0 Å². The van der Waals surface area contributed by atoms with Gasteiger partial charge in [0.25, 0.3) is 0 Å². The minimum atomic E-state index is -0.365. The molecule has 0 amide bonds. The number of aromatic nitrogens is 1. The molecule has 0 bridgehead atoms. The Labute approximate surface area is 313 Å². The Balaban J connectivity index is 0.941. The van der Waals surface area contributed by atoms with Gasteiger partial charge in [-0.15, -0.1) is 0 Å². The second kappa shape index (κ2) is 14.6. The van der Waals surface area contributed by atoms with Gasteiger partial charge in [0.2, 0.25) is 0 Å². The number of carbonyl (C=O) groups excluding carboxylic acids is 1. The van der Waals surface area contributed by atoms with Crippen molar-refractivity contribution >= 4 is 22.4 Å². The van der Waals surface area contributed by atoms with Crippen LogP contribution in [0.25, 0.3) is 10.9 Å². The van der Waals surface area contributed by atoms with Gasteiger partial charge in [-0.1, -0.05) is 80.2 Å². The number of H-pyrrole nitrogens is 1. The fourth-order valence-corrected chi connectivity index (χ4v) is 10.2. The number of fused-ring (bicyclic) bond motifs is 4. The van der Waals surface area contributed by atoms with Gasteiger partial charge in [-0.3, -0.25) is 9.69 Å². The largest absolute Gasteiger partial charge is 0.380 e. The Morgan fingerprint density at radius 1 is 0.923 bits per heavy atom. The molecule has 0 unspecified atom stereocenters. The summed E-state index contributed by atoms with van der Waals surface area (Å²) in [6.07, 6.45) is 10.2. The summed E-state index contributed by atoms with van der Waals surface area (Å²) in [5, 5.41) is 10.4. The number of anilines is 1. The number of aromatic amines is 1. The summed E-state index contributed by atoms with van der Waals surface area (Å²) in [6.45, 7) is 25.7. The van der Waals surface area contributed by atoms with Gasteiger partial charge in [-0.2, -0.15) is 5.26 Å². The van der Waals surface area contributed by atoms with Crippen molar-refractivity contribution in [3.8, 4) is 6.07 Å². The Hall–Kier alpha value is -3.18. The third kappa shape index (κ3) is 7.46. The smallest absolute Gasteiger partial charge is 0.195 e. The van der Waals surface area contributed by atoms with Crippen molar-refractivity contribution in [1.29, 1.82) is 5.26 Å². The standard InChI is InChI=1S/C45H63N5O2/c1-8-33-24-36-37(45(6,7)42-40(41(36)51)35-14-13-32(27-46)23-38(35)47-42)25-39(33)50-17-15-34(16-18-50)49-21-19-48(20-22-49)28-44(4,5)30-52-29-43(2,3)26-31-11-9-10-12-31/h13-14,23-25,31,34,47H,8-12,15-22,26,28-30H2,1-7H3. The molecule has 7 rings (SSSR count). The second-order valence-corrected chi connectivity index (χ2v) is 18.8. The van der Waals surface area contributed by atoms with Crippen molar-refractivity contribution in [1.82, 2.24) is 14.8 Å². The number of ether oxygens (including phenoxy) is 1. The molecule has 0 radical (unpaired) electrons. The summed E-state index contributed by atoms with van der Waals surface area (Å²) >= 11 is 0. The fourth-order valence-electron chi connectivity index (χ4n) is 10.2. The van der Waals surface area contributed by atoms with Gasteiger partial charge in [0.1, 0.15) is 0 Å². The normalized spacial score (nSPS) is 20.7. The van der Waals surface area contributed by atoms with Gasteiger partial charge in [0, 0.05) is 90.5 Å². The highest BCUT2D eigenvalue weighted by molar-refractivity contribution is 6.20. The molecule has 4 aliphatic rings. The molecule has 1 aromatic heterocycles. The highest BCUT2D eigenvalue weighted by atomic mass is 16.5. The Kier molecular flexibility index (Phi) is 10.4. The van der Waals surface area contributed by atoms with E-state index in [2.05, 4.69) is 86.4 Å². The first-order chi connectivity index (χ1) is 24.8. The molecule has 280 valence electrons. The number of nitrogens with zero attached hydrogens (tertiary/aromatic N) is 4. The zero-order chi connectivity index (χ0) is 36.8. The zero-order valence-corrected chi connectivity index (χ0v) is 33.2. The first-order valence-corrected chi connectivity index (χ1v) is 20.4. The van der Waals surface area contributed by atoms with Crippen LogP contribution in [0.1, 0.15) is 132 Å². The molecule has 0 spiro atoms. The lowest BCUT2D eigenvalue weighted by atomic mass is 9.70. The van der Waals surface area contributed by atoms with Crippen molar-refractivity contribution in [3.63, 3.8) is 0 Å². The van der Waals surface area contributed by atoms with Crippen molar-refractivity contribution in [3.05, 3.63) is 63.8 Å². The quantitative estimate of drug-likeness (QED) is 0.215. The van der Waals surface area contributed by atoms with E-state index in [4.69, 9.17) is 4.74 Å². The van der Waals surface area contributed by atoms with E-state index in [0.29, 0.717) is 11.6 Å². The molecule has 1 N–H and O–H groups in total. The van der Waals surface area contributed by atoms with E-state index in [1.807, 2.05) is 18.2 Å². The predicted octanol–water partition coefficient (Wildman–Crippen LogP) is 8.71. The maximum absolute atomic E-state index is 14.1. The first kappa shape index (κ1) is 37.1. The van der Waals surface area contributed by atoms with E-state index in [9.17, 15) is 10.1 Å². The number of nitriles is 1. The Bertz CT molecular complexity index is 1810. The summed E-state index contributed by atoms with van der Waals surface area (Å²) in [6, 6.07) is 13.0. The number of benzene rings is 2. The van der Waals surface area contributed by atoms with Crippen LogP contribution in [0.3, 0.4) is 0 Å². The van der Waals surface area contributed by atoms with E-state index < -0.39 is 0 Å². The Morgan fingerprint density at radius 3 is 2.29 bits per heavy atom. The van der Waals surface area contributed by atoms with Crippen molar-refractivity contribution in [2.45, 2.75) is 111 Å². The number of ketones is 1. The maximum atomic E-state index is 14.1. The van der Waals surface area contributed by atoms with Crippen LogP contribution < -0.4 is 4.90 Å². The van der Waals surface area contributed by atoms with Crippen LogP contribution in [0.5, 0.6) is 0 Å². The summed E-state index contributed by atoms with van der Waals surface area (Å²) < 4.78 is 6.41. The number of carbonyl (C=O) groups is 1. The van der Waals surface area contributed by atoms with Crippen LogP contribution in [0.15, 0.2) is 30.3 Å². The average molecular weight is 706 g/mol. The number of piperidine rings is 1. The number of aryl methyl sites for hydroxylation is 1. The predicted molar refractivity (Wildman–Crippen MR) is 213 cm³/mol. The molecular formula is C45H63N5O2. The number of rotatable bonds is 11. The molecule has 0 atom stereocenters. The summed E-state index contributed by atoms with van der Waals surface area (Å²) in [7, 11) is 0. The molecule has 3 fully saturated rings.